The SMILES string of the molecule is CC1OCC(C=O)(N(C(=O)OC(C)(C)C)C(=O)OC(C)(C)CCC(C)(C)OC(=O)N(C(=O)OC(C)(C)C)C2COCC(OCC=CC(F)(F)F)C(OCC=CC(F)(F)F)C(C)OC2=O)COCC(OCC=Cc2ccccc2)C1OCC=Cc1ccccc1. The van der Waals surface area contributed by atoms with Gasteiger partial charge in [-0.05, 0) is 107 Å². The molecule has 0 bridgehead atoms. The number of aldehydes is 1. The molecule has 2 saturated heterocycles. The van der Waals surface area contributed by atoms with Gasteiger partial charge in [0.25, 0.3) is 0 Å². The minimum absolute atomic E-state index is 0.106. The fourth-order valence-electron chi connectivity index (χ4n) is 8.66. The average Bonchev–Trinajstić information content (AvgIpc) is 3.82. The number of carbonyl (C=O) groups excluding carboxylic acids is 6. The van der Waals surface area contributed by atoms with E-state index in [1.807, 2.05) is 85.0 Å². The molecule has 26 heteroatoms. The normalized spacial score (nSPS) is 23.1. The van der Waals surface area contributed by atoms with Gasteiger partial charge in [-0.15, -0.1) is 0 Å². The van der Waals surface area contributed by atoms with E-state index < -0.39 is 153 Å². The Bertz CT molecular complexity index is 2710. The molecule has 0 aromatic heterocycles. The molecule has 8 unspecified atom stereocenters. The van der Waals surface area contributed by atoms with Crippen molar-refractivity contribution in [2.24, 2.45) is 0 Å². The predicted molar refractivity (Wildman–Crippen MR) is 312 cm³/mol. The third kappa shape index (κ3) is 26.7. The van der Waals surface area contributed by atoms with Gasteiger partial charge in [-0.2, -0.15) is 36.1 Å². The lowest BCUT2D eigenvalue weighted by atomic mass is 9.94. The lowest BCUT2D eigenvalue weighted by Gasteiger charge is -2.40. The van der Waals surface area contributed by atoms with Crippen LogP contribution in [-0.4, -0.2) is 189 Å². The van der Waals surface area contributed by atoms with Crippen molar-refractivity contribution >= 4 is 48.8 Å². The van der Waals surface area contributed by atoms with Gasteiger partial charge in [0, 0.05) is 12.2 Å². The highest BCUT2D eigenvalue weighted by molar-refractivity contribution is 5.95. The maximum absolute atomic E-state index is 14.7. The largest absolute Gasteiger partial charge is 0.458 e. The van der Waals surface area contributed by atoms with Crippen LogP contribution in [0.3, 0.4) is 0 Å². The number of hydrogen-bond acceptors (Lipinski definition) is 18. The summed E-state index contributed by atoms with van der Waals surface area (Å²) in [6, 6.07) is 17.1. The van der Waals surface area contributed by atoms with Crippen molar-refractivity contribution in [1.82, 2.24) is 9.80 Å². The second-order valence-electron chi connectivity index (χ2n) is 24.2. The number of amides is 4. The highest BCUT2D eigenvalue weighted by Crippen LogP contribution is 2.32. The van der Waals surface area contributed by atoms with Gasteiger partial charge in [-0.25, -0.2) is 24.0 Å². The van der Waals surface area contributed by atoms with Crippen molar-refractivity contribution in [3.05, 3.63) is 108 Å². The van der Waals surface area contributed by atoms with Crippen molar-refractivity contribution in [2.75, 3.05) is 59.5 Å². The van der Waals surface area contributed by atoms with Crippen LogP contribution in [0.4, 0.5) is 45.5 Å². The molecular formula is C63H84F6N2O18. The quantitative estimate of drug-likeness (QED) is 0.0352. The summed E-state index contributed by atoms with van der Waals surface area (Å²) in [5.74, 6) is -1.32. The van der Waals surface area contributed by atoms with Crippen LogP contribution in [0.1, 0.15) is 107 Å². The molecule has 4 rings (SSSR count). The first-order valence-electron chi connectivity index (χ1n) is 28.8. The zero-order chi connectivity index (χ0) is 66.4. The highest BCUT2D eigenvalue weighted by Gasteiger charge is 2.51. The molecule has 2 aromatic carbocycles. The number of carbonyl (C=O) groups is 6. The third-order valence-corrected chi connectivity index (χ3v) is 13.0. The van der Waals surface area contributed by atoms with Crippen LogP contribution < -0.4 is 0 Å². The van der Waals surface area contributed by atoms with Crippen LogP contribution in [-0.2, 0) is 66.4 Å². The van der Waals surface area contributed by atoms with Gasteiger partial charge >= 0.3 is 42.7 Å². The summed E-state index contributed by atoms with van der Waals surface area (Å²) in [6.45, 7) is 13.6. The average molecular weight is 1270 g/mol. The van der Waals surface area contributed by atoms with E-state index in [0.29, 0.717) is 23.3 Å². The van der Waals surface area contributed by atoms with Gasteiger partial charge in [-0.3, -0.25) is 0 Å². The fourth-order valence-corrected chi connectivity index (χ4v) is 8.66. The van der Waals surface area contributed by atoms with Crippen LogP contribution >= 0.6 is 0 Å². The van der Waals surface area contributed by atoms with Crippen molar-refractivity contribution in [3.8, 4) is 0 Å². The number of ether oxygens (including phenoxy) is 12. The van der Waals surface area contributed by atoms with Gasteiger partial charge in [-0.1, -0.05) is 97.1 Å². The molecule has 89 heavy (non-hydrogen) atoms. The Balaban J connectivity index is 1.59. The van der Waals surface area contributed by atoms with Gasteiger partial charge < -0.3 is 61.6 Å². The van der Waals surface area contributed by atoms with Crippen LogP contribution in [0.2, 0.25) is 0 Å². The number of imide groups is 2. The highest BCUT2D eigenvalue weighted by atomic mass is 19.4. The molecule has 8 atom stereocenters. The Kier molecular flexibility index (Phi) is 28.1. The lowest BCUT2D eigenvalue weighted by Crippen LogP contribution is -2.63. The molecular weight excluding hydrogens is 1190 g/mol. The summed E-state index contributed by atoms with van der Waals surface area (Å²) in [6.07, 6.45) is -13.5. The number of cyclic esters (lactones) is 1. The second kappa shape index (κ2) is 33.4. The number of alkyl halides is 6. The Morgan fingerprint density at radius 1 is 0.551 bits per heavy atom. The summed E-state index contributed by atoms with van der Waals surface area (Å²) in [5.41, 5.74) is -6.06. The molecule has 0 N–H and O–H groups in total. The van der Waals surface area contributed by atoms with E-state index in [-0.39, 0.29) is 49.7 Å². The molecule has 0 radical (unpaired) electrons. The van der Waals surface area contributed by atoms with Crippen LogP contribution in [0.25, 0.3) is 12.2 Å². The summed E-state index contributed by atoms with van der Waals surface area (Å²) < 4.78 is 149. The molecule has 496 valence electrons. The second-order valence-corrected chi connectivity index (χ2v) is 24.2. The Hall–Kier alpha value is -6.68. The van der Waals surface area contributed by atoms with E-state index in [1.54, 1.807) is 27.7 Å². The number of rotatable bonds is 22. The van der Waals surface area contributed by atoms with Crippen LogP contribution in [0.15, 0.2) is 97.1 Å². The minimum Gasteiger partial charge on any atom is -0.458 e. The Morgan fingerprint density at radius 3 is 1.45 bits per heavy atom. The molecule has 2 heterocycles. The number of halogens is 6. The lowest BCUT2D eigenvalue weighted by molar-refractivity contribution is -0.167. The standard InChI is InChI=1S/C63H84F6N2O18/c1-43-50(82-34-20-28-46-25-17-14-18-26-46)49(80-33-19-27-45-23-15-13-16-24-45)39-79-41-61(40-72,42-84-43)71(55(76)87-58(6,7)8)56(77)89-60(11,12)32-31-59(9,10)88-54(75)70(53(74)86-57(3,4)5)47-37-78-38-48(81-35-21-29-62(64,65)66)51(44(2)85-52(47)73)83-36-22-30-63(67,68)69/h13-30,40,43-44,47-51H,31-39,41-42H2,1-12H3. The molecule has 4 amide bonds. The van der Waals surface area contributed by atoms with Crippen molar-refractivity contribution in [2.45, 2.75) is 179 Å². The molecule has 2 aliphatic rings. The Labute approximate surface area is 515 Å². The summed E-state index contributed by atoms with van der Waals surface area (Å²) in [7, 11) is 0. The monoisotopic (exact) mass is 1270 g/mol. The summed E-state index contributed by atoms with van der Waals surface area (Å²) in [4.78, 5) is 86.0. The zero-order valence-corrected chi connectivity index (χ0v) is 52.3. The molecule has 0 aliphatic carbocycles. The predicted octanol–water partition coefficient (Wildman–Crippen LogP) is 12.0. The van der Waals surface area contributed by atoms with E-state index in [2.05, 4.69) is 0 Å². The number of allylic oxidation sites excluding steroid dienone is 2. The summed E-state index contributed by atoms with van der Waals surface area (Å²) >= 11 is 0. The minimum atomic E-state index is -4.73. The number of nitrogens with zero attached hydrogens (tertiary/aromatic N) is 2. The molecule has 0 spiro atoms. The van der Waals surface area contributed by atoms with Gasteiger partial charge in [0.2, 0.25) is 0 Å². The third-order valence-electron chi connectivity index (χ3n) is 13.0. The smallest absolute Gasteiger partial charge is 0.420 e. The first kappa shape index (κ1) is 74.8. The van der Waals surface area contributed by atoms with Crippen LogP contribution in [0.5, 0.6) is 0 Å². The molecule has 20 nitrogen and oxygen atoms in total. The number of benzene rings is 2. The van der Waals surface area contributed by atoms with E-state index >= 15 is 0 Å². The van der Waals surface area contributed by atoms with Crippen LogP contribution in [0, 0.1) is 0 Å². The van der Waals surface area contributed by atoms with Gasteiger partial charge in [0.1, 0.15) is 52.9 Å². The van der Waals surface area contributed by atoms with Crippen molar-refractivity contribution in [3.63, 3.8) is 0 Å². The summed E-state index contributed by atoms with van der Waals surface area (Å²) in [5, 5.41) is 0. The first-order valence-corrected chi connectivity index (χ1v) is 28.8. The van der Waals surface area contributed by atoms with Crippen molar-refractivity contribution in [1.29, 1.82) is 0 Å². The zero-order valence-electron chi connectivity index (χ0n) is 52.3. The van der Waals surface area contributed by atoms with Gasteiger partial charge in [0.05, 0.1) is 65.6 Å². The van der Waals surface area contributed by atoms with Gasteiger partial charge in [0.15, 0.2) is 17.9 Å². The van der Waals surface area contributed by atoms with E-state index in [1.165, 1.54) is 55.4 Å². The topological polar surface area (TPSA) is 220 Å². The number of esters is 1. The molecule has 2 aromatic rings. The maximum Gasteiger partial charge on any atom is 0.420 e. The van der Waals surface area contributed by atoms with E-state index in [9.17, 15) is 55.1 Å². The number of hydrogen-bond donors (Lipinski definition) is 0. The first-order chi connectivity index (χ1) is 41.4. The van der Waals surface area contributed by atoms with E-state index in [0.717, 1.165) is 11.1 Å². The molecule has 2 aliphatic heterocycles. The van der Waals surface area contributed by atoms with Crippen molar-refractivity contribution < 1.29 is 112 Å². The maximum atomic E-state index is 14.7. The fraction of sp³-hybridized carbons (Fsp3) is 0.587. The molecule has 2 fully saturated rings. The van der Waals surface area contributed by atoms with E-state index in [4.69, 9.17) is 56.8 Å². The molecule has 0 saturated carbocycles. The Morgan fingerprint density at radius 2 is 0.966 bits per heavy atom.